The van der Waals surface area contributed by atoms with E-state index in [9.17, 15) is 4.79 Å². The number of amides is 1. The molecule has 1 aromatic heterocycles. The highest BCUT2D eigenvalue weighted by Gasteiger charge is 2.19. The molecule has 94 valence electrons. The minimum Gasteiger partial charge on any atom is -0.320 e. The molecule has 0 aromatic carbocycles. The van der Waals surface area contributed by atoms with Crippen LogP contribution in [0, 0.1) is 0 Å². The van der Waals surface area contributed by atoms with Gasteiger partial charge in [0.05, 0.1) is 18.3 Å². The molecule has 1 saturated carbocycles. The largest absolute Gasteiger partial charge is 0.320 e. The average Bonchev–Trinajstić information content (AvgIpc) is 2.78. The number of rotatable bonds is 3. The Kier molecular flexibility index (Phi) is 3.78. The highest BCUT2D eigenvalue weighted by molar-refractivity contribution is 5.93. The van der Waals surface area contributed by atoms with E-state index in [1.165, 1.54) is 19.3 Å². The third-order valence-electron chi connectivity index (χ3n) is 3.26. The second-order valence-electron chi connectivity index (χ2n) is 4.73. The molecule has 5 nitrogen and oxygen atoms in total. The van der Waals surface area contributed by atoms with Gasteiger partial charge in [-0.2, -0.15) is 5.10 Å². The first-order valence-electron chi connectivity index (χ1n) is 6.28. The molecule has 1 atom stereocenters. The lowest BCUT2D eigenvalue weighted by Gasteiger charge is -2.24. The predicted octanol–water partition coefficient (Wildman–Crippen LogP) is 1.67. The first-order valence-corrected chi connectivity index (χ1v) is 6.28. The normalized spacial score (nSPS) is 18.9. The van der Waals surface area contributed by atoms with Crippen molar-refractivity contribution < 1.29 is 4.79 Å². The first kappa shape index (κ1) is 12.1. The summed E-state index contributed by atoms with van der Waals surface area (Å²) in [6, 6.07) is 1.75. The number of carbonyl (C=O) groups excluding carboxylic acids is 1. The molecular formula is C12H20N4O. The van der Waals surface area contributed by atoms with Crippen LogP contribution in [0.4, 0.5) is 5.82 Å². The van der Waals surface area contributed by atoms with E-state index in [4.69, 9.17) is 5.73 Å². The Hall–Kier alpha value is -1.36. The fourth-order valence-corrected chi connectivity index (χ4v) is 2.27. The van der Waals surface area contributed by atoms with Crippen molar-refractivity contribution in [1.29, 1.82) is 0 Å². The number of nitrogens with zero attached hydrogens (tertiary/aromatic N) is 2. The lowest BCUT2D eigenvalue weighted by molar-refractivity contribution is -0.117. The minimum absolute atomic E-state index is 0.164. The molecule has 1 aliphatic rings. The van der Waals surface area contributed by atoms with Crippen LogP contribution in [0.5, 0.6) is 0 Å². The Morgan fingerprint density at radius 2 is 2.24 bits per heavy atom. The number of hydrogen-bond acceptors (Lipinski definition) is 3. The summed E-state index contributed by atoms with van der Waals surface area (Å²) in [6.45, 7) is 1.68. The molecule has 1 fully saturated rings. The van der Waals surface area contributed by atoms with Crippen LogP contribution in [0.25, 0.3) is 0 Å². The van der Waals surface area contributed by atoms with Gasteiger partial charge in [-0.15, -0.1) is 0 Å². The Labute approximate surface area is 101 Å². The fourth-order valence-electron chi connectivity index (χ4n) is 2.27. The second-order valence-corrected chi connectivity index (χ2v) is 4.73. The maximum atomic E-state index is 11.6. The average molecular weight is 236 g/mol. The van der Waals surface area contributed by atoms with Gasteiger partial charge in [0, 0.05) is 6.07 Å². The molecule has 1 aliphatic carbocycles. The van der Waals surface area contributed by atoms with Crippen LogP contribution in [0.2, 0.25) is 0 Å². The summed E-state index contributed by atoms with van der Waals surface area (Å²) < 4.78 is 1.93. The Morgan fingerprint density at radius 3 is 2.88 bits per heavy atom. The summed E-state index contributed by atoms with van der Waals surface area (Å²) in [6.07, 6.45) is 7.80. The molecule has 0 spiro atoms. The van der Waals surface area contributed by atoms with Crippen LogP contribution in [0.3, 0.4) is 0 Å². The van der Waals surface area contributed by atoms with Crippen LogP contribution in [0.15, 0.2) is 12.3 Å². The maximum Gasteiger partial charge on any atom is 0.242 e. The number of aromatic nitrogens is 2. The summed E-state index contributed by atoms with van der Waals surface area (Å²) in [7, 11) is 0. The fraction of sp³-hybridized carbons (Fsp3) is 0.667. The summed E-state index contributed by atoms with van der Waals surface area (Å²) in [5.74, 6) is 0.599. The van der Waals surface area contributed by atoms with E-state index in [0.29, 0.717) is 6.04 Å². The summed E-state index contributed by atoms with van der Waals surface area (Å²) in [5.41, 5.74) is 5.54. The third-order valence-corrected chi connectivity index (χ3v) is 3.26. The molecule has 5 heteroatoms. The van der Waals surface area contributed by atoms with Gasteiger partial charge in [-0.1, -0.05) is 19.3 Å². The highest BCUT2D eigenvalue weighted by atomic mass is 16.2. The van der Waals surface area contributed by atoms with Gasteiger partial charge in [0.25, 0.3) is 0 Å². The van der Waals surface area contributed by atoms with Crippen molar-refractivity contribution in [2.75, 3.05) is 5.32 Å². The van der Waals surface area contributed by atoms with Gasteiger partial charge in [-0.3, -0.25) is 4.79 Å². The molecule has 0 bridgehead atoms. The van der Waals surface area contributed by atoms with E-state index < -0.39 is 6.04 Å². The van der Waals surface area contributed by atoms with Gasteiger partial charge in [0.15, 0.2) is 0 Å². The Morgan fingerprint density at radius 1 is 1.53 bits per heavy atom. The van der Waals surface area contributed by atoms with Crippen molar-refractivity contribution in [3.63, 3.8) is 0 Å². The van der Waals surface area contributed by atoms with E-state index in [2.05, 4.69) is 10.4 Å². The topological polar surface area (TPSA) is 72.9 Å². The van der Waals surface area contributed by atoms with Crippen LogP contribution < -0.4 is 11.1 Å². The van der Waals surface area contributed by atoms with Gasteiger partial charge < -0.3 is 11.1 Å². The SMILES string of the molecule is C[C@@H](N)C(=O)Nc1ccnn1C1CCCCC1. The van der Waals surface area contributed by atoms with Crippen LogP contribution >= 0.6 is 0 Å². The van der Waals surface area contributed by atoms with Gasteiger partial charge in [0.1, 0.15) is 5.82 Å². The standard InChI is InChI=1S/C12H20N4O/c1-9(13)12(17)15-11-7-8-14-16(11)10-5-3-2-4-6-10/h7-10H,2-6,13H2,1H3,(H,15,17)/t9-/m1/s1. The predicted molar refractivity (Wildman–Crippen MR) is 66.6 cm³/mol. The zero-order valence-corrected chi connectivity index (χ0v) is 10.2. The van der Waals surface area contributed by atoms with Gasteiger partial charge in [-0.25, -0.2) is 4.68 Å². The van der Waals surface area contributed by atoms with Crippen LogP contribution in [-0.4, -0.2) is 21.7 Å². The number of nitrogens with two attached hydrogens (primary N) is 1. The van der Waals surface area contributed by atoms with E-state index in [1.54, 1.807) is 13.1 Å². The Balaban J connectivity index is 2.08. The zero-order valence-electron chi connectivity index (χ0n) is 10.2. The lowest BCUT2D eigenvalue weighted by atomic mass is 9.96. The molecule has 0 radical (unpaired) electrons. The molecule has 3 N–H and O–H groups in total. The minimum atomic E-state index is -0.496. The van der Waals surface area contributed by atoms with Crippen molar-refractivity contribution in [2.24, 2.45) is 5.73 Å². The van der Waals surface area contributed by atoms with Crippen molar-refractivity contribution in [3.8, 4) is 0 Å². The summed E-state index contributed by atoms with van der Waals surface area (Å²) in [5, 5.41) is 7.14. The van der Waals surface area contributed by atoms with Crippen molar-refractivity contribution in [3.05, 3.63) is 12.3 Å². The molecule has 0 saturated heterocycles. The van der Waals surface area contributed by atoms with Crippen LogP contribution in [-0.2, 0) is 4.79 Å². The van der Waals surface area contributed by atoms with Gasteiger partial charge >= 0.3 is 0 Å². The number of carbonyl (C=O) groups is 1. The molecule has 1 amide bonds. The number of nitrogens with one attached hydrogen (secondary N) is 1. The van der Waals surface area contributed by atoms with Crippen LogP contribution in [0.1, 0.15) is 45.1 Å². The van der Waals surface area contributed by atoms with Gasteiger partial charge in [0.2, 0.25) is 5.91 Å². The van der Waals surface area contributed by atoms with Crippen molar-refractivity contribution in [1.82, 2.24) is 9.78 Å². The monoisotopic (exact) mass is 236 g/mol. The van der Waals surface area contributed by atoms with Crippen molar-refractivity contribution in [2.45, 2.75) is 51.1 Å². The summed E-state index contributed by atoms with van der Waals surface area (Å²) in [4.78, 5) is 11.6. The maximum absolute atomic E-state index is 11.6. The molecule has 1 heterocycles. The van der Waals surface area contributed by atoms with E-state index >= 15 is 0 Å². The summed E-state index contributed by atoms with van der Waals surface area (Å²) >= 11 is 0. The van der Waals surface area contributed by atoms with E-state index in [-0.39, 0.29) is 5.91 Å². The van der Waals surface area contributed by atoms with Gasteiger partial charge in [-0.05, 0) is 19.8 Å². The molecule has 1 aromatic rings. The quantitative estimate of drug-likeness (QED) is 0.838. The highest BCUT2D eigenvalue weighted by Crippen LogP contribution is 2.29. The second kappa shape index (κ2) is 5.31. The number of anilines is 1. The van der Waals surface area contributed by atoms with E-state index in [1.807, 2.05) is 10.7 Å². The molecule has 2 rings (SSSR count). The smallest absolute Gasteiger partial charge is 0.242 e. The molecule has 17 heavy (non-hydrogen) atoms. The molecule has 0 aliphatic heterocycles. The van der Waals surface area contributed by atoms with Crippen molar-refractivity contribution >= 4 is 11.7 Å². The third kappa shape index (κ3) is 2.85. The zero-order chi connectivity index (χ0) is 12.3. The first-order chi connectivity index (χ1) is 8.18. The molecular weight excluding hydrogens is 216 g/mol. The Bertz CT molecular complexity index is 380. The molecule has 0 unspecified atom stereocenters. The number of hydrogen-bond donors (Lipinski definition) is 2. The lowest BCUT2D eigenvalue weighted by Crippen LogP contribution is -2.33. The van der Waals surface area contributed by atoms with E-state index in [0.717, 1.165) is 18.7 Å².